The van der Waals surface area contributed by atoms with E-state index < -0.39 is 0 Å². The predicted octanol–water partition coefficient (Wildman–Crippen LogP) is 2.95. The fraction of sp³-hybridized carbons (Fsp3) is 0.353. The SMILES string of the molecule is c1cnnc(N2CCC[C@@H](NCc3csc(-c4ccco4)n3)C2)c1. The van der Waals surface area contributed by atoms with Crippen LogP contribution in [0.4, 0.5) is 5.82 Å². The van der Waals surface area contributed by atoms with Crippen molar-refractivity contribution in [3.8, 4) is 10.8 Å². The molecule has 1 saturated heterocycles. The lowest BCUT2D eigenvalue weighted by molar-refractivity contribution is 0.418. The third-order valence-corrected chi connectivity index (χ3v) is 5.06. The highest BCUT2D eigenvalue weighted by molar-refractivity contribution is 7.13. The van der Waals surface area contributed by atoms with Gasteiger partial charge < -0.3 is 14.6 Å². The molecule has 0 aromatic carbocycles. The van der Waals surface area contributed by atoms with Crippen LogP contribution in [-0.2, 0) is 6.54 Å². The summed E-state index contributed by atoms with van der Waals surface area (Å²) >= 11 is 1.62. The average Bonchev–Trinajstić information content (AvgIpc) is 3.32. The van der Waals surface area contributed by atoms with Crippen LogP contribution in [0.1, 0.15) is 18.5 Å². The highest BCUT2D eigenvalue weighted by Gasteiger charge is 2.21. The largest absolute Gasteiger partial charge is 0.462 e. The predicted molar refractivity (Wildman–Crippen MR) is 93.9 cm³/mol. The lowest BCUT2D eigenvalue weighted by Crippen LogP contribution is -2.45. The summed E-state index contributed by atoms with van der Waals surface area (Å²) < 4.78 is 5.40. The van der Waals surface area contributed by atoms with Crippen molar-refractivity contribution in [2.24, 2.45) is 0 Å². The van der Waals surface area contributed by atoms with Crippen LogP contribution in [0.3, 0.4) is 0 Å². The third kappa shape index (κ3) is 3.47. The van der Waals surface area contributed by atoms with Crippen LogP contribution in [0.15, 0.2) is 46.5 Å². The molecule has 7 heteroatoms. The second kappa shape index (κ2) is 7.11. The Kier molecular flexibility index (Phi) is 4.53. The van der Waals surface area contributed by atoms with Gasteiger partial charge in [-0.3, -0.25) is 0 Å². The monoisotopic (exact) mass is 341 g/mol. The van der Waals surface area contributed by atoms with E-state index in [-0.39, 0.29) is 0 Å². The first kappa shape index (κ1) is 15.3. The average molecular weight is 341 g/mol. The summed E-state index contributed by atoms with van der Waals surface area (Å²) in [5, 5.41) is 14.8. The van der Waals surface area contributed by atoms with E-state index in [9.17, 15) is 0 Å². The number of hydrogen-bond acceptors (Lipinski definition) is 7. The van der Waals surface area contributed by atoms with Crippen molar-refractivity contribution in [3.63, 3.8) is 0 Å². The Hall–Kier alpha value is -2.25. The minimum absolute atomic E-state index is 0.439. The van der Waals surface area contributed by atoms with Crippen LogP contribution in [-0.4, -0.2) is 34.3 Å². The molecule has 1 N–H and O–H groups in total. The smallest absolute Gasteiger partial charge is 0.162 e. The normalized spacial score (nSPS) is 18.0. The van der Waals surface area contributed by atoms with Crippen molar-refractivity contribution >= 4 is 17.2 Å². The van der Waals surface area contributed by atoms with E-state index >= 15 is 0 Å². The first-order chi connectivity index (χ1) is 11.9. The highest BCUT2D eigenvalue weighted by atomic mass is 32.1. The van der Waals surface area contributed by atoms with Gasteiger partial charge in [-0.25, -0.2) is 4.98 Å². The number of furan rings is 1. The van der Waals surface area contributed by atoms with Gasteiger partial charge in [0.05, 0.1) is 12.0 Å². The van der Waals surface area contributed by atoms with Gasteiger partial charge in [0.15, 0.2) is 16.6 Å². The molecule has 24 heavy (non-hydrogen) atoms. The fourth-order valence-electron chi connectivity index (χ4n) is 2.96. The maximum absolute atomic E-state index is 5.40. The molecule has 0 bridgehead atoms. The van der Waals surface area contributed by atoms with E-state index in [0.29, 0.717) is 6.04 Å². The molecule has 0 radical (unpaired) electrons. The number of piperidine rings is 1. The van der Waals surface area contributed by atoms with E-state index in [4.69, 9.17) is 4.42 Å². The molecule has 1 fully saturated rings. The van der Waals surface area contributed by atoms with Crippen molar-refractivity contribution in [1.82, 2.24) is 20.5 Å². The zero-order chi connectivity index (χ0) is 16.2. The van der Waals surface area contributed by atoms with Gasteiger partial charge >= 0.3 is 0 Å². The summed E-state index contributed by atoms with van der Waals surface area (Å²) in [7, 11) is 0. The molecule has 124 valence electrons. The van der Waals surface area contributed by atoms with Gasteiger partial charge in [0.2, 0.25) is 0 Å². The Labute approximate surface area is 144 Å². The van der Waals surface area contributed by atoms with Crippen molar-refractivity contribution in [1.29, 1.82) is 0 Å². The van der Waals surface area contributed by atoms with Gasteiger partial charge in [0.1, 0.15) is 0 Å². The molecule has 6 nitrogen and oxygen atoms in total. The van der Waals surface area contributed by atoms with Gasteiger partial charge in [-0.1, -0.05) is 0 Å². The molecule has 1 aliphatic heterocycles. The molecule has 0 amide bonds. The van der Waals surface area contributed by atoms with Crippen molar-refractivity contribution < 1.29 is 4.42 Å². The maximum atomic E-state index is 5.40. The molecule has 4 heterocycles. The molecule has 4 rings (SSSR count). The van der Waals surface area contributed by atoms with Crippen LogP contribution < -0.4 is 10.2 Å². The topological polar surface area (TPSA) is 67.1 Å². The molecule has 0 unspecified atom stereocenters. The first-order valence-electron chi connectivity index (χ1n) is 8.13. The van der Waals surface area contributed by atoms with Crippen LogP contribution in [0.25, 0.3) is 10.8 Å². The Morgan fingerprint density at radius 2 is 2.33 bits per heavy atom. The standard InChI is InChI=1S/C17H19N5OS/c1-6-16(21-19-7-1)22-8-2-4-13(11-22)18-10-14-12-24-17(20-14)15-5-3-9-23-15/h1,3,5-7,9,12-13,18H,2,4,8,10-11H2/t13-/m1/s1. The maximum Gasteiger partial charge on any atom is 0.162 e. The van der Waals surface area contributed by atoms with Crippen LogP contribution in [0.2, 0.25) is 0 Å². The van der Waals surface area contributed by atoms with E-state index in [1.165, 1.54) is 6.42 Å². The summed E-state index contributed by atoms with van der Waals surface area (Å²) in [6.07, 6.45) is 5.72. The molecular formula is C17H19N5OS. The number of anilines is 1. The number of hydrogen-bond donors (Lipinski definition) is 1. The molecule has 0 aliphatic carbocycles. The summed E-state index contributed by atoms with van der Waals surface area (Å²) in [5.41, 5.74) is 1.06. The summed E-state index contributed by atoms with van der Waals surface area (Å²) in [4.78, 5) is 6.94. The molecule has 3 aromatic rings. The summed E-state index contributed by atoms with van der Waals surface area (Å²) in [6, 6.07) is 8.22. The van der Waals surface area contributed by atoms with E-state index in [2.05, 4.69) is 30.8 Å². The second-order valence-corrected chi connectivity index (χ2v) is 6.73. The quantitative estimate of drug-likeness (QED) is 0.769. The van der Waals surface area contributed by atoms with Gasteiger partial charge in [-0.15, -0.1) is 16.4 Å². The molecule has 3 aromatic heterocycles. The zero-order valence-electron chi connectivity index (χ0n) is 13.3. The zero-order valence-corrected chi connectivity index (χ0v) is 14.1. The second-order valence-electron chi connectivity index (χ2n) is 5.87. The number of thiazole rings is 1. The van der Waals surface area contributed by atoms with E-state index in [1.54, 1.807) is 23.8 Å². The minimum atomic E-state index is 0.439. The highest BCUT2D eigenvalue weighted by Crippen LogP contribution is 2.24. The van der Waals surface area contributed by atoms with Crippen molar-refractivity contribution in [2.45, 2.75) is 25.4 Å². The van der Waals surface area contributed by atoms with E-state index in [0.717, 1.165) is 48.3 Å². The number of aromatic nitrogens is 3. The van der Waals surface area contributed by atoms with E-state index in [1.807, 2.05) is 24.3 Å². The Morgan fingerprint density at radius 3 is 3.17 bits per heavy atom. The van der Waals surface area contributed by atoms with Gasteiger partial charge in [-0.2, -0.15) is 5.10 Å². The number of rotatable bonds is 5. The third-order valence-electron chi connectivity index (χ3n) is 4.16. The fourth-order valence-corrected chi connectivity index (χ4v) is 3.75. The Bertz CT molecular complexity index is 758. The minimum Gasteiger partial charge on any atom is -0.462 e. The molecule has 0 spiro atoms. The lowest BCUT2D eigenvalue weighted by Gasteiger charge is -2.33. The Balaban J connectivity index is 1.34. The van der Waals surface area contributed by atoms with Crippen LogP contribution >= 0.6 is 11.3 Å². The summed E-state index contributed by atoms with van der Waals surface area (Å²) in [6.45, 7) is 2.76. The molecule has 1 atom stereocenters. The lowest BCUT2D eigenvalue weighted by atomic mass is 10.1. The molecule has 0 saturated carbocycles. The van der Waals surface area contributed by atoms with Crippen LogP contribution in [0.5, 0.6) is 0 Å². The van der Waals surface area contributed by atoms with Crippen molar-refractivity contribution in [2.75, 3.05) is 18.0 Å². The Morgan fingerprint density at radius 1 is 1.33 bits per heavy atom. The van der Waals surface area contributed by atoms with Gasteiger partial charge in [-0.05, 0) is 37.1 Å². The van der Waals surface area contributed by atoms with Gasteiger partial charge in [0, 0.05) is 37.3 Å². The first-order valence-corrected chi connectivity index (χ1v) is 9.01. The number of nitrogens with zero attached hydrogens (tertiary/aromatic N) is 4. The van der Waals surface area contributed by atoms with Crippen molar-refractivity contribution in [3.05, 3.63) is 47.8 Å². The van der Waals surface area contributed by atoms with Crippen LogP contribution in [0, 0.1) is 0 Å². The molecule has 1 aliphatic rings. The number of nitrogens with one attached hydrogen (secondary N) is 1. The van der Waals surface area contributed by atoms with Gasteiger partial charge in [0.25, 0.3) is 0 Å². The molecular weight excluding hydrogens is 322 g/mol. The summed E-state index contributed by atoms with van der Waals surface area (Å²) in [5.74, 6) is 1.79.